The average molecular weight is 276 g/mol. The third-order valence-corrected chi connectivity index (χ3v) is 4.07. The lowest BCUT2D eigenvalue weighted by atomic mass is 10.1. The number of aromatic nitrogens is 2. The first-order valence-electron chi connectivity index (χ1n) is 6.65. The fourth-order valence-electron chi connectivity index (χ4n) is 1.93. The Morgan fingerprint density at radius 2 is 2.11 bits per heavy atom. The number of hydrogen-bond acceptors (Lipinski definition) is 3. The van der Waals surface area contributed by atoms with Crippen molar-refractivity contribution in [1.29, 1.82) is 0 Å². The molecule has 2 rings (SSSR count). The molecular weight excluding hydrogens is 256 g/mol. The standard InChI is InChI=1S/C15H20N2OS/c1-11(2)8-9-17-14-7-5-4-6-13(14)16-15(17)19-10-12(3)18/h4-7,11H,8-10H2,1-3H3. The van der Waals surface area contributed by atoms with Gasteiger partial charge in [0.25, 0.3) is 0 Å². The minimum absolute atomic E-state index is 0.187. The maximum atomic E-state index is 11.2. The van der Waals surface area contributed by atoms with E-state index in [1.165, 1.54) is 11.8 Å². The summed E-state index contributed by atoms with van der Waals surface area (Å²) in [6.07, 6.45) is 1.12. The van der Waals surface area contributed by atoms with E-state index in [4.69, 9.17) is 0 Å². The van der Waals surface area contributed by atoms with Crippen molar-refractivity contribution >= 4 is 28.6 Å². The van der Waals surface area contributed by atoms with Gasteiger partial charge in [-0.15, -0.1) is 0 Å². The van der Waals surface area contributed by atoms with Crippen LogP contribution < -0.4 is 0 Å². The van der Waals surface area contributed by atoms with Crippen molar-refractivity contribution in [3.8, 4) is 0 Å². The van der Waals surface area contributed by atoms with Gasteiger partial charge in [-0.3, -0.25) is 4.79 Å². The van der Waals surface area contributed by atoms with Gasteiger partial charge in [0.2, 0.25) is 0 Å². The number of rotatable bonds is 6. The molecule has 0 atom stereocenters. The van der Waals surface area contributed by atoms with E-state index in [-0.39, 0.29) is 5.78 Å². The summed E-state index contributed by atoms with van der Waals surface area (Å²) in [5.41, 5.74) is 2.17. The Morgan fingerprint density at radius 3 is 2.79 bits per heavy atom. The number of carbonyl (C=O) groups excluding carboxylic acids is 1. The van der Waals surface area contributed by atoms with Crippen molar-refractivity contribution < 1.29 is 4.79 Å². The molecule has 0 aliphatic heterocycles. The average Bonchev–Trinajstić information content (AvgIpc) is 2.71. The third kappa shape index (κ3) is 3.60. The van der Waals surface area contributed by atoms with Gasteiger partial charge in [0.05, 0.1) is 16.8 Å². The highest BCUT2D eigenvalue weighted by Gasteiger charge is 2.11. The molecule has 2 aromatic rings. The van der Waals surface area contributed by atoms with E-state index in [1.807, 2.05) is 18.2 Å². The van der Waals surface area contributed by atoms with E-state index in [0.29, 0.717) is 11.7 Å². The SMILES string of the molecule is CC(=O)CSc1nc2ccccc2n1CCC(C)C. The van der Waals surface area contributed by atoms with E-state index >= 15 is 0 Å². The summed E-state index contributed by atoms with van der Waals surface area (Å²) >= 11 is 1.53. The number of para-hydroxylation sites is 2. The van der Waals surface area contributed by atoms with Crippen molar-refractivity contribution in [3.05, 3.63) is 24.3 Å². The van der Waals surface area contributed by atoms with Gasteiger partial charge in [0.15, 0.2) is 5.16 Å². The second-order valence-electron chi connectivity index (χ2n) is 5.21. The summed E-state index contributed by atoms with van der Waals surface area (Å²) in [5, 5.41) is 0.956. The Labute approximate surface area is 118 Å². The van der Waals surface area contributed by atoms with Gasteiger partial charge in [-0.25, -0.2) is 4.98 Å². The maximum Gasteiger partial charge on any atom is 0.169 e. The molecule has 1 aromatic carbocycles. The van der Waals surface area contributed by atoms with Crippen molar-refractivity contribution in [1.82, 2.24) is 9.55 Å². The molecule has 1 heterocycles. The molecule has 0 radical (unpaired) electrons. The number of benzene rings is 1. The Morgan fingerprint density at radius 1 is 1.37 bits per heavy atom. The van der Waals surface area contributed by atoms with E-state index in [1.54, 1.807) is 6.92 Å². The second kappa shape index (κ2) is 6.24. The minimum atomic E-state index is 0.187. The molecule has 0 saturated carbocycles. The van der Waals surface area contributed by atoms with Crippen LogP contribution in [0.1, 0.15) is 27.2 Å². The largest absolute Gasteiger partial charge is 0.319 e. The number of hydrogen-bond donors (Lipinski definition) is 0. The Balaban J connectivity index is 2.31. The van der Waals surface area contributed by atoms with Gasteiger partial charge < -0.3 is 4.57 Å². The number of fused-ring (bicyclic) bond motifs is 1. The first-order chi connectivity index (χ1) is 9.08. The number of thioether (sulfide) groups is 1. The predicted molar refractivity (Wildman–Crippen MR) is 80.6 cm³/mol. The zero-order valence-corrected chi connectivity index (χ0v) is 12.5. The van der Waals surface area contributed by atoms with E-state index < -0.39 is 0 Å². The monoisotopic (exact) mass is 276 g/mol. The first-order valence-corrected chi connectivity index (χ1v) is 7.64. The number of carbonyl (C=O) groups is 1. The van der Waals surface area contributed by atoms with Crippen LogP contribution in [0.3, 0.4) is 0 Å². The highest BCUT2D eigenvalue weighted by Crippen LogP contribution is 2.25. The van der Waals surface area contributed by atoms with Crippen LogP contribution in [-0.4, -0.2) is 21.1 Å². The van der Waals surface area contributed by atoms with Gasteiger partial charge >= 0.3 is 0 Å². The zero-order valence-electron chi connectivity index (χ0n) is 11.7. The zero-order chi connectivity index (χ0) is 13.8. The molecule has 0 aliphatic rings. The van der Waals surface area contributed by atoms with Crippen LogP contribution in [0.5, 0.6) is 0 Å². The van der Waals surface area contributed by atoms with Crippen molar-refractivity contribution in [2.45, 2.75) is 38.9 Å². The van der Waals surface area contributed by atoms with Crippen LogP contribution in [-0.2, 0) is 11.3 Å². The van der Waals surface area contributed by atoms with Gasteiger partial charge in [-0.05, 0) is 31.4 Å². The fraction of sp³-hybridized carbons (Fsp3) is 0.467. The van der Waals surface area contributed by atoms with Crippen LogP contribution in [0, 0.1) is 5.92 Å². The minimum Gasteiger partial charge on any atom is -0.319 e. The highest BCUT2D eigenvalue weighted by molar-refractivity contribution is 7.99. The van der Waals surface area contributed by atoms with E-state index in [9.17, 15) is 4.79 Å². The molecule has 1 aromatic heterocycles. The van der Waals surface area contributed by atoms with Crippen LogP contribution in [0.4, 0.5) is 0 Å². The molecule has 0 fully saturated rings. The summed E-state index contributed by atoms with van der Waals surface area (Å²) in [6, 6.07) is 8.16. The Kier molecular flexibility index (Phi) is 4.64. The smallest absolute Gasteiger partial charge is 0.169 e. The van der Waals surface area contributed by atoms with Crippen molar-refractivity contribution in [2.24, 2.45) is 5.92 Å². The molecule has 0 aliphatic carbocycles. The van der Waals surface area contributed by atoms with Gasteiger partial charge in [-0.1, -0.05) is 37.7 Å². The Bertz CT molecular complexity index is 575. The molecule has 4 heteroatoms. The van der Waals surface area contributed by atoms with E-state index in [0.717, 1.165) is 29.2 Å². The second-order valence-corrected chi connectivity index (χ2v) is 6.15. The number of imidazole rings is 1. The lowest BCUT2D eigenvalue weighted by Gasteiger charge is -2.10. The fourth-order valence-corrected chi connectivity index (χ4v) is 2.77. The number of aryl methyl sites for hydroxylation is 1. The van der Waals surface area contributed by atoms with Crippen LogP contribution >= 0.6 is 11.8 Å². The molecule has 3 nitrogen and oxygen atoms in total. The topological polar surface area (TPSA) is 34.9 Å². The number of Topliss-reactive ketones (excluding diaryl/α,β-unsaturated/α-hetero) is 1. The number of nitrogens with zero attached hydrogens (tertiary/aromatic N) is 2. The Hall–Kier alpha value is -1.29. The summed E-state index contributed by atoms with van der Waals surface area (Å²) in [5.74, 6) is 1.34. The van der Waals surface area contributed by atoms with Gasteiger partial charge in [0, 0.05) is 6.54 Å². The maximum absolute atomic E-state index is 11.2. The first kappa shape index (κ1) is 14.1. The molecule has 102 valence electrons. The highest BCUT2D eigenvalue weighted by atomic mass is 32.2. The quantitative estimate of drug-likeness (QED) is 0.753. The van der Waals surface area contributed by atoms with Gasteiger partial charge in [0.1, 0.15) is 5.78 Å². The summed E-state index contributed by atoms with van der Waals surface area (Å²) < 4.78 is 2.24. The predicted octanol–water partition coefficient (Wildman–Crippen LogP) is 3.76. The summed E-state index contributed by atoms with van der Waals surface area (Å²) in [6.45, 7) is 7.02. The van der Waals surface area contributed by atoms with Crippen LogP contribution in [0.2, 0.25) is 0 Å². The van der Waals surface area contributed by atoms with Crippen molar-refractivity contribution in [3.63, 3.8) is 0 Å². The molecule has 0 N–H and O–H groups in total. The molecule has 0 spiro atoms. The lowest BCUT2D eigenvalue weighted by Crippen LogP contribution is -2.04. The van der Waals surface area contributed by atoms with Gasteiger partial charge in [-0.2, -0.15) is 0 Å². The number of ketones is 1. The summed E-state index contributed by atoms with van der Waals surface area (Å²) in [4.78, 5) is 15.8. The molecular formula is C15H20N2OS. The molecule has 19 heavy (non-hydrogen) atoms. The molecule has 0 saturated heterocycles. The molecule has 0 amide bonds. The normalized spacial score (nSPS) is 11.4. The van der Waals surface area contributed by atoms with Crippen LogP contribution in [0.15, 0.2) is 29.4 Å². The molecule has 0 unspecified atom stereocenters. The molecule has 0 bridgehead atoms. The third-order valence-electron chi connectivity index (χ3n) is 2.95. The lowest BCUT2D eigenvalue weighted by molar-refractivity contribution is -0.114. The van der Waals surface area contributed by atoms with Crippen molar-refractivity contribution in [2.75, 3.05) is 5.75 Å². The van der Waals surface area contributed by atoms with Crippen LogP contribution in [0.25, 0.3) is 11.0 Å². The summed E-state index contributed by atoms with van der Waals surface area (Å²) in [7, 11) is 0. The van der Waals surface area contributed by atoms with E-state index in [2.05, 4.69) is 29.5 Å².